The van der Waals surface area contributed by atoms with Gasteiger partial charge in [0.25, 0.3) is 5.91 Å². The number of aryl methyl sites for hydroxylation is 1. The molecular formula is C22H26N4O. The van der Waals surface area contributed by atoms with Gasteiger partial charge in [0.2, 0.25) is 0 Å². The lowest BCUT2D eigenvalue weighted by Crippen LogP contribution is -2.28. The largest absolute Gasteiger partial charge is 0.340 e. The molecule has 1 fully saturated rings. The number of piperidine rings is 1. The van der Waals surface area contributed by atoms with E-state index in [0.717, 1.165) is 35.5 Å². The Morgan fingerprint density at radius 1 is 1.22 bits per heavy atom. The van der Waals surface area contributed by atoms with Crippen LogP contribution in [0.5, 0.6) is 0 Å². The van der Waals surface area contributed by atoms with Crippen molar-refractivity contribution in [1.29, 1.82) is 0 Å². The number of carbonyl (C=O) groups is 1. The summed E-state index contributed by atoms with van der Waals surface area (Å²) in [6, 6.07) is 14.2. The number of benzene rings is 2. The summed E-state index contributed by atoms with van der Waals surface area (Å²) >= 11 is 0. The van der Waals surface area contributed by atoms with E-state index < -0.39 is 0 Å². The van der Waals surface area contributed by atoms with Crippen LogP contribution in [0.1, 0.15) is 46.1 Å². The molecule has 0 radical (unpaired) electrons. The Balaban J connectivity index is 1.44. The summed E-state index contributed by atoms with van der Waals surface area (Å²) in [7, 11) is 1.82. The highest BCUT2D eigenvalue weighted by atomic mass is 16.2. The number of imidazole rings is 1. The van der Waals surface area contributed by atoms with Crippen molar-refractivity contribution in [3.05, 3.63) is 65.0 Å². The Morgan fingerprint density at radius 2 is 2.04 bits per heavy atom. The second-order valence-electron chi connectivity index (χ2n) is 7.53. The zero-order valence-corrected chi connectivity index (χ0v) is 16.0. The highest BCUT2D eigenvalue weighted by molar-refractivity contribution is 5.94. The van der Waals surface area contributed by atoms with E-state index in [-0.39, 0.29) is 5.91 Å². The van der Waals surface area contributed by atoms with Gasteiger partial charge in [-0.2, -0.15) is 0 Å². The van der Waals surface area contributed by atoms with E-state index in [1.54, 1.807) is 4.90 Å². The molecule has 0 saturated carbocycles. The van der Waals surface area contributed by atoms with E-state index in [1.165, 1.54) is 24.0 Å². The molecule has 4 rings (SSSR count). The standard InChI is InChI=1S/C22H26N4O/c1-15-5-10-19-20(12-15)25-21(24-19)14-26(2)22(27)17-8-6-16(7-9-17)18-4-3-11-23-13-18/h5-10,12,18,23H,3-4,11,13-14H2,1-2H3,(H,24,25). The third-order valence-corrected chi connectivity index (χ3v) is 5.35. The number of carbonyl (C=O) groups excluding carboxylic acids is 1. The number of fused-ring (bicyclic) bond motifs is 1. The lowest BCUT2D eigenvalue weighted by Gasteiger charge is -2.23. The summed E-state index contributed by atoms with van der Waals surface area (Å²) in [6.07, 6.45) is 2.43. The minimum atomic E-state index is 0.0138. The maximum Gasteiger partial charge on any atom is 0.253 e. The Kier molecular flexibility index (Phi) is 4.94. The highest BCUT2D eigenvalue weighted by Crippen LogP contribution is 2.23. The summed E-state index contributed by atoms with van der Waals surface area (Å²) in [5.74, 6) is 1.37. The molecule has 1 unspecified atom stereocenters. The summed E-state index contributed by atoms with van der Waals surface area (Å²) in [5.41, 5.74) is 5.17. The number of nitrogens with zero attached hydrogens (tertiary/aromatic N) is 2. The fraction of sp³-hybridized carbons (Fsp3) is 0.364. The van der Waals surface area contributed by atoms with Gasteiger partial charge in [-0.1, -0.05) is 18.2 Å². The van der Waals surface area contributed by atoms with Gasteiger partial charge in [0, 0.05) is 19.2 Å². The predicted octanol–water partition coefficient (Wildman–Crippen LogP) is 3.61. The third-order valence-electron chi connectivity index (χ3n) is 5.35. The van der Waals surface area contributed by atoms with E-state index in [1.807, 2.05) is 31.3 Å². The summed E-state index contributed by atoms with van der Waals surface area (Å²) in [5, 5.41) is 3.45. The molecule has 1 amide bonds. The number of hydrogen-bond acceptors (Lipinski definition) is 3. The number of H-pyrrole nitrogens is 1. The fourth-order valence-corrected chi connectivity index (χ4v) is 3.80. The minimum absolute atomic E-state index is 0.0138. The van der Waals surface area contributed by atoms with Crippen LogP contribution in [0.25, 0.3) is 11.0 Å². The lowest BCUT2D eigenvalue weighted by molar-refractivity contribution is 0.0782. The molecule has 1 saturated heterocycles. The average Bonchev–Trinajstić information content (AvgIpc) is 3.09. The number of nitrogens with one attached hydrogen (secondary N) is 2. The molecular weight excluding hydrogens is 336 g/mol. The van der Waals surface area contributed by atoms with Crippen molar-refractivity contribution in [3.63, 3.8) is 0 Å². The van der Waals surface area contributed by atoms with Gasteiger partial charge < -0.3 is 15.2 Å². The third kappa shape index (κ3) is 3.88. The van der Waals surface area contributed by atoms with Crippen LogP contribution in [0.4, 0.5) is 0 Å². The molecule has 3 aromatic rings. The van der Waals surface area contributed by atoms with Crippen LogP contribution in [0.15, 0.2) is 42.5 Å². The van der Waals surface area contributed by atoms with Crippen LogP contribution in [0.3, 0.4) is 0 Å². The summed E-state index contributed by atoms with van der Waals surface area (Å²) in [6.45, 7) is 4.65. The number of hydrogen-bond donors (Lipinski definition) is 2. The maximum absolute atomic E-state index is 12.8. The molecule has 1 aliphatic rings. The van der Waals surface area contributed by atoms with Gasteiger partial charge in [-0.15, -0.1) is 0 Å². The molecule has 1 atom stereocenters. The van der Waals surface area contributed by atoms with E-state index in [0.29, 0.717) is 12.5 Å². The molecule has 0 spiro atoms. The normalized spacial score (nSPS) is 17.2. The number of rotatable bonds is 4. The molecule has 2 aromatic carbocycles. The van der Waals surface area contributed by atoms with Crippen LogP contribution in [-0.2, 0) is 6.54 Å². The quantitative estimate of drug-likeness (QED) is 0.745. The number of aromatic nitrogens is 2. The fourth-order valence-electron chi connectivity index (χ4n) is 3.80. The predicted molar refractivity (Wildman–Crippen MR) is 108 cm³/mol. The minimum Gasteiger partial charge on any atom is -0.340 e. The number of aromatic amines is 1. The van der Waals surface area contributed by atoms with Crippen molar-refractivity contribution in [2.45, 2.75) is 32.2 Å². The second kappa shape index (κ2) is 7.53. The maximum atomic E-state index is 12.8. The van der Waals surface area contributed by atoms with Crippen LogP contribution in [-0.4, -0.2) is 40.9 Å². The Labute approximate surface area is 159 Å². The topological polar surface area (TPSA) is 61.0 Å². The van der Waals surface area contributed by atoms with Gasteiger partial charge in [-0.05, 0) is 67.6 Å². The SMILES string of the molecule is Cc1ccc2nc(CN(C)C(=O)c3ccc(C4CCCNC4)cc3)[nH]c2c1. The zero-order valence-electron chi connectivity index (χ0n) is 16.0. The van der Waals surface area contributed by atoms with Crippen molar-refractivity contribution in [2.75, 3.05) is 20.1 Å². The molecule has 27 heavy (non-hydrogen) atoms. The van der Waals surface area contributed by atoms with Gasteiger partial charge in [-0.3, -0.25) is 4.79 Å². The first-order chi connectivity index (χ1) is 13.1. The second-order valence-corrected chi connectivity index (χ2v) is 7.53. The van der Waals surface area contributed by atoms with Crippen LogP contribution in [0.2, 0.25) is 0 Å². The summed E-state index contributed by atoms with van der Waals surface area (Å²) in [4.78, 5) is 22.4. The van der Waals surface area contributed by atoms with E-state index in [4.69, 9.17) is 0 Å². The van der Waals surface area contributed by atoms with E-state index in [9.17, 15) is 4.79 Å². The van der Waals surface area contributed by atoms with Crippen LogP contribution < -0.4 is 5.32 Å². The Hall–Kier alpha value is -2.66. The van der Waals surface area contributed by atoms with Crippen molar-refractivity contribution >= 4 is 16.9 Å². The first-order valence-electron chi connectivity index (χ1n) is 9.61. The average molecular weight is 362 g/mol. The first kappa shape index (κ1) is 17.7. The molecule has 5 heteroatoms. The Bertz CT molecular complexity index is 939. The van der Waals surface area contributed by atoms with Crippen molar-refractivity contribution < 1.29 is 4.79 Å². The molecule has 0 aliphatic carbocycles. The highest BCUT2D eigenvalue weighted by Gasteiger charge is 2.17. The lowest BCUT2D eigenvalue weighted by atomic mass is 9.91. The van der Waals surface area contributed by atoms with Crippen molar-refractivity contribution in [3.8, 4) is 0 Å². The molecule has 5 nitrogen and oxygen atoms in total. The van der Waals surface area contributed by atoms with Gasteiger partial charge in [0.15, 0.2) is 0 Å². The molecule has 1 aromatic heterocycles. The number of amides is 1. The molecule has 2 N–H and O–H groups in total. The Morgan fingerprint density at radius 3 is 2.78 bits per heavy atom. The monoisotopic (exact) mass is 362 g/mol. The summed E-state index contributed by atoms with van der Waals surface area (Å²) < 4.78 is 0. The molecule has 0 bridgehead atoms. The molecule has 140 valence electrons. The van der Waals surface area contributed by atoms with Crippen molar-refractivity contribution in [1.82, 2.24) is 20.2 Å². The van der Waals surface area contributed by atoms with Crippen LogP contribution in [0, 0.1) is 6.92 Å². The molecule has 1 aliphatic heterocycles. The zero-order chi connectivity index (χ0) is 18.8. The van der Waals surface area contributed by atoms with E-state index in [2.05, 4.69) is 40.4 Å². The molecule has 2 heterocycles. The first-order valence-corrected chi connectivity index (χ1v) is 9.61. The van der Waals surface area contributed by atoms with Crippen molar-refractivity contribution in [2.24, 2.45) is 0 Å². The van der Waals surface area contributed by atoms with Gasteiger partial charge in [0.05, 0.1) is 17.6 Å². The van der Waals surface area contributed by atoms with E-state index >= 15 is 0 Å². The van der Waals surface area contributed by atoms with Gasteiger partial charge in [0.1, 0.15) is 5.82 Å². The smallest absolute Gasteiger partial charge is 0.253 e. The van der Waals surface area contributed by atoms with Gasteiger partial charge in [-0.25, -0.2) is 4.98 Å². The van der Waals surface area contributed by atoms with Crippen LogP contribution >= 0.6 is 0 Å². The van der Waals surface area contributed by atoms with Gasteiger partial charge >= 0.3 is 0 Å².